The van der Waals surface area contributed by atoms with Crippen LogP contribution in [0.25, 0.3) is 5.69 Å². The lowest BCUT2D eigenvalue weighted by molar-refractivity contribution is -0.117. The van der Waals surface area contributed by atoms with E-state index >= 15 is 0 Å². The number of rotatable bonds is 5. The van der Waals surface area contributed by atoms with Gasteiger partial charge in [-0.25, -0.2) is 0 Å². The molecule has 1 aliphatic heterocycles. The number of benzene rings is 1. The molecular formula is C17H23N5O. The first-order valence-electron chi connectivity index (χ1n) is 8.19. The monoisotopic (exact) mass is 313 g/mol. The van der Waals surface area contributed by atoms with Crippen molar-refractivity contribution in [3.05, 3.63) is 36.7 Å². The molecule has 1 amide bonds. The van der Waals surface area contributed by atoms with Gasteiger partial charge in [-0.05, 0) is 62.0 Å². The third-order valence-corrected chi connectivity index (χ3v) is 4.50. The highest BCUT2D eigenvalue weighted by Crippen LogP contribution is 2.24. The molecule has 1 aromatic heterocycles. The highest BCUT2D eigenvalue weighted by Gasteiger charge is 2.21. The van der Waals surface area contributed by atoms with E-state index in [1.54, 1.807) is 17.2 Å². The summed E-state index contributed by atoms with van der Waals surface area (Å²) in [6.45, 7) is 4.32. The Hall–Kier alpha value is -2.21. The summed E-state index contributed by atoms with van der Waals surface area (Å²) in [6.07, 6.45) is 6.18. The van der Waals surface area contributed by atoms with E-state index in [0.717, 1.165) is 24.5 Å². The molecule has 6 nitrogen and oxygen atoms in total. The zero-order valence-corrected chi connectivity index (χ0v) is 13.4. The first-order chi connectivity index (χ1) is 11.2. The van der Waals surface area contributed by atoms with Crippen LogP contribution in [0, 0.1) is 11.8 Å². The van der Waals surface area contributed by atoms with E-state index in [4.69, 9.17) is 0 Å². The lowest BCUT2D eigenvalue weighted by Crippen LogP contribution is -2.32. The van der Waals surface area contributed by atoms with Crippen molar-refractivity contribution in [2.45, 2.75) is 26.2 Å². The molecule has 1 aliphatic rings. The zero-order chi connectivity index (χ0) is 16.1. The Kier molecular flexibility index (Phi) is 5.02. The number of carbonyl (C=O) groups is 1. The molecule has 2 heterocycles. The van der Waals surface area contributed by atoms with Crippen molar-refractivity contribution in [2.75, 3.05) is 18.4 Å². The van der Waals surface area contributed by atoms with Gasteiger partial charge in [-0.2, -0.15) is 15.0 Å². The van der Waals surface area contributed by atoms with Crippen LogP contribution >= 0.6 is 0 Å². The van der Waals surface area contributed by atoms with Crippen molar-refractivity contribution >= 4 is 11.6 Å². The van der Waals surface area contributed by atoms with Gasteiger partial charge >= 0.3 is 0 Å². The number of amides is 1. The largest absolute Gasteiger partial charge is 0.326 e. The molecule has 6 heteroatoms. The quantitative estimate of drug-likeness (QED) is 0.888. The van der Waals surface area contributed by atoms with E-state index in [1.165, 1.54) is 12.8 Å². The van der Waals surface area contributed by atoms with Crippen molar-refractivity contribution in [1.29, 1.82) is 0 Å². The number of nitrogens with zero attached hydrogens (tertiary/aromatic N) is 3. The van der Waals surface area contributed by atoms with E-state index in [-0.39, 0.29) is 5.91 Å². The second-order valence-electron chi connectivity index (χ2n) is 6.18. The SMILES string of the molecule is CC(CC(=O)Nc1ccc(-n2nccn2)cc1)C1CCNCC1. The topological polar surface area (TPSA) is 71.8 Å². The fraction of sp³-hybridized carbons (Fsp3) is 0.471. The van der Waals surface area contributed by atoms with Crippen LogP contribution in [0.15, 0.2) is 36.7 Å². The highest BCUT2D eigenvalue weighted by atomic mass is 16.1. The lowest BCUT2D eigenvalue weighted by Gasteiger charge is -2.27. The summed E-state index contributed by atoms with van der Waals surface area (Å²) < 4.78 is 0. The molecular weight excluding hydrogens is 290 g/mol. The predicted octanol–water partition coefficient (Wildman–Crippen LogP) is 2.23. The van der Waals surface area contributed by atoms with Crippen LogP contribution < -0.4 is 10.6 Å². The van der Waals surface area contributed by atoms with Crippen LogP contribution in [0.4, 0.5) is 5.69 Å². The maximum absolute atomic E-state index is 12.2. The Morgan fingerprint density at radius 1 is 1.26 bits per heavy atom. The molecule has 122 valence electrons. The molecule has 3 rings (SSSR count). The predicted molar refractivity (Wildman–Crippen MR) is 89.4 cm³/mol. The summed E-state index contributed by atoms with van der Waals surface area (Å²) in [5.74, 6) is 1.15. The molecule has 1 atom stereocenters. The molecule has 1 unspecified atom stereocenters. The van der Waals surface area contributed by atoms with Gasteiger partial charge in [0.25, 0.3) is 0 Å². The maximum Gasteiger partial charge on any atom is 0.224 e. The summed E-state index contributed by atoms with van der Waals surface area (Å²) in [7, 11) is 0. The second-order valence-corrected chi connectivity index (χ2v) is 6.18. The van der Waals surface area contributed by atoms with Gasteiger partial charge < -0.3 is 10.6 Å². The van der Waals surface area contributed by atoms with Gasteiger partial charge in [-0.15, -0.1) is 0 Å². The van der Waals surface area contributed by atoms with Crippen molar-refractivity contribution in [3.8, 4) is 5.69 Å². The molecule has 0 radical (unpaired) electrons. The number of nitrogens with one attached hydrogen (secondary N) is 2. The molecule has 1 fully saturated rings. The van der Waals surface area contributed by atoms with Gasteiger partial charge in [-0.1, -0.05) is 6.92 Å². The zero-order valence-electron chi connectivity index (χ0n) is 13.4. The fourth-order valence-corrected chi connectivity index (χ4v) is 3.11. The van der Waals surface area contributed by atoms with Gasteiger partial charge in [0.15, 0.2) is 0 Å². The molecule has 0 aliphatic carbocycles. The van der Waals surface area contributed by atoms with Crippen LogP contribution in [-0.2, 0) is 4.79 Å². The number of piperidine rings is 1. The normalized spacial score (nSPS) is 16.9. The standard InChI is InChI=1S/C17H23N5O/c1-13(14-6-8-18-9-7-14)12-17(23)21-15-2-4-16(5-3-15)22-19-10-11-20-22/h2-5,10-11,13-14,18H,6-9,12H2,1H3,(H,21,23). The molecule has 1 aromatic carbocycles. The van der Waals surface area contributed by atoms with Crippen LogP contribution in [0.3, 0.4) is 0 Å². The molecule has 2 aromatic rings. The van der Waals surface area contributed by atoms with Gasteiger partial charge in [0, 0.05) is 12.1 Å². The molecule has 0 bridgehead atoms. The molecule has 2 N–H and O–H groups in total. The van der Waals surface area contributed by atoms with Crippen molar-refractivity contribution < 1.29 is 4.79 Å². The van der Waals surface area contributed by atoms with Crippen LogP contribution in [0.1, 0.15) is 26.2 Å². The Morgan fingerprint density at radius 3 is 2.57 bits per heavy atom. The third-order valence-electron chi connectivity index (χ3n) is 4.50. The van der Waals surface area contributed by atoms with E-state index in [1.807, 2.05) is 24.3 Å². The smallest absolute Gasteiger partial charge is 0.224 e. The van der Waals surface area contributed by atoms with Gasteiger partial charge in [0.2, 0.25) is 5.91 Å². The summed E-state index contributed by atoms with van der Waals surface area (Å²) in [5, 5.41) is 14.5. The summed E-state index contributed by atoms with van der Waals surface area (Å²) in [6, 6.07) is 7.55. The third kappa shape index (κ3) is 4.16. The first-order valence-corrected chi connectivity index (χ1v) is 8.19. The van der Waals surface area contributed by atoms with Crippen LogP contribution in [0.5, 0.6) is 0 Å². The Bertz CT molecular complexity index is 617. The van der Waals surface area contributed by atoms with Gasteiger partial charge in [-0.3, -0.25) is 4.79 Å². The highest BCUT2D eigenvalue weighted by molar-refractivity contribution is 5.90. The van der Waals surface area contributed by atoms with Gasteiger partial charge in [0.1, 0.15) is 0 Å². The lowest BCUT2D eigenvalue weighted by atomic mass is 9.84. The Labute approximate surface area is 136 Å². The van der Waals surface area contributed by atoms with Gasteiger partial charge in [0.05, 0.1) is 18.1 Å². The minimum atomic E-state index is 0.0843. The minimum absolute atomic E-state index is 0.0843. The molecule has 23 heavy (non-hydrogen) atoms. The van der Waals surface area contributed by atoms with Crippen LogP contribution in [0.2, 0.25) is 0 Å². The molecule has 0 saturated carbocycles. The summed E-state index contributed by atoms with van der Waals surface area (Å²) >= 11 is 0. The minimum Gasteiger partial charge on any atom is -0.326 e. The number of aromatic nitrogens is 3. The van der Waals surface area contributed by atoms with E-state index in [9.17, 15) is 4.79 Å². The van der Waals surface area contributed by atoms with Crippen molar-refractivity contribution in [2.24, 2.45) is 11.8 Å². The molecule has 0 spiro atoms. The fourth-order valence-electron chi connectivity index (χ4n) is 3.11. The van der Waals surface area contributed by atoms with Crippen LogP contribution in [-0.4, -0.2) is 34.0 Å². The average Bonchev–Trinajstić information content (AvgIpc) is 3.11. The van der Waals surface area contributed by atoms with E-state index in [0.29, 0.717) is 18.3 Å². The maximum atomic E-state index is 12.2. The first kappa shape index (κ1) is 15.7. The average molecular weight is 313 g/mol. The second kappa shape index (κ2) is 7.37. The van der Waals surface area contributed by atoms with Crippen molar-refractivity contribution in [1.82, 2.24) is 20.3 Å². The van der Waals surface area contributed by atoms with E-state index < -0.39 is 0 Å². The van der Waals surface area contributed by atoms with E-state index in [2.05, 4.69) is 27.8 Å². The number of anilines is 1. The van der Waals surface area contributed by atoms with Crippen molar-refractivity contribution in [3.63, 3.8) is 0 Å². The molecule has 1 saturated heterocycles. The Balaban J connectivity index is 1.53. The number of hydrogen-bond donors (Lipinski definition) is 2. The summed E-state index contributed by atoms with van der Waals surface area (Å²) in [4.78, 5) is 13.8. The number of hydrogen-bond acceptors (Lipinski definition) is 4. The Morgan fingerprint density at radius 2 is 1.91 bits per heavy atom. The summed E-state index contributed by atoms with van der Waals surface area (Å²) in [5.41, 5.74) is 1.68. The number of carbonyl (C=O) groups excluding carboxylic acids is 1.